The fourth-order valence-corrected chi connectivity index (χ4v) is 3.78. The average molecular weight is 460 g/mol. The van der Waals surface area contributed by atoms with Crippen LogP contribution < -0.4 is 4.74 Å². The van der Waals surface area contributed by atoms with Crippen LogP contribution in [0.5, 0.6) is 11.6 Å². The molecule has 0 aliphatic rings. The summed E-state index contributed by atoms with van der Waals surface area (Å²) in [6.07, 6.45) is 0.833. The molecule has 6 heteroatoms. The van der Waals surface area contributed by atoms with E-state index in [1.165, 1.54) is 0 Å². The molecular formula is C27H26ClN3O2. The summed E-state index contributed by atoms with van der Waals surface area (Å²) in [5.41, 5.74) is 3.18. The molecule has 0 N–H and O–H groups in total. The van der Waals surface area contributed by atoms with Gasteiger partial charge in [0.2, 0.25) is 5.88 Å². The molecule has 3 aromatic carbocycles. The Morgan fingerprint density at radius 1 is 0.970 bits per heavy atom. The van der Waals surface area contributed by atoms with E-state index in [-0.39, 0.29) is 5.91 Å². The van der Waals surface area contributed by atoms with Crippen LogP contribution in [0.25, 0.3) is 5.69 Å². The number of halogens is 1. The van der Waals surface area contributed by atoms with Crippen molar-refractivity contribution in [3.05, 3.63) is 107 Å². The molecule has 0 atom stereocenters. The minimum atomic E-state index is -0.0500. The van der Waals surface area contributed by atoms with E-state index in [9.17, 15) is 4.79 Å². The molecule has 4 rings (SSSR count). The number of rotatable bonds is 8. The van der Waals surface area contributed by atoms with E-state index in [4.69, 9.17) is 21.4 Å². The number of amides is 1. The molecule has 0 spiro atoms. The lowest BCUT2D eigenvalue weighted by atomic mass is 10.1. The number of nitrogens with zero attached hydrogens (tertiary/aromatic N) is 3. The average Bonchev–Trinajstić information content (AvgIpc) is 3.15. The van der Waals surface area contributed by atoms with Gasteiger partial charge in [-0.2, -0.15) is 5.10 Å². The van der Waals surface area contributed by atoms with E-state index in [1.54, 1.807) is 28.9 Å². The summed E-state index contributed by atoms with van der Waals surface area (Å²) < 4.78 is 8.14. The first-order valence-corrected chi connectivity index (χ1v) is 11.4. The zero-order valence-corrected chi connectivity index (χ0v) is 19.5. The third-order valence-corrected chi connectivity index (χ3v) is 5.57. The third kappa shape index (κ3) is 5.26. The number of ether oxygens (including phenoxy) is 1. The predicted octanol–water partition coefficient (Wildman–Crippen LogP) is 6.68. The summed E-state index contributed by atoms with van der Waals surface area (Å²) in [6, 6.07) is 26.5. The fraction of sp³-hybridized carbons (Fsp3) is 0.185. The van der Waals surface area contributed by atoms with Crippen LogP contribution in [-0.2, 0) is 6.54 Å². The second-order valence-electron chi connectivity index (χ2n) is 7.77. The number of hydrogen-bond acceptors (Lipinski definition) is 3. The van der Waals surface area contributed by atoms with Crippen molar-refractivity contribution < 1.29 is 9.53 Å². The van der Waals surface area contributed by atoms with Crippen LogP contribution in [0.15, 0.2) is 84.9 Å². The largest absolute Gasteiger partial charge is 0.439 e. The molecule has 0 unspecified atom stereocenters. The molecule has 1 aromatic heterocycles. The van der Waals surface area contributed by atoms with Crippen LogP contribution in [0.4, 0.5) is 0 Å². The maximum atomic E-state index is 13.3. The SMILES string of the molecule is CCCN(Cc1c(C)nn(-c2ccccc2)c1Oc1ccccc1)C(=O)c1ccc(Cl)cc1. The summed E-state index contributed by atoms with van der Waals surface area (Å²) in [7, 11) is 0. The van der Waals surface area contributed by atoms with Gasteiger partial charge in [-0.25, -0.2) is 4.68 Å². The van der Waals surface area contributed by atoms with Crippen molar-refractivity contribution in [3.63, 3.8) is 0 Å². The Balaban J connectivity index is 1.74. The van der Waals surface area contributed by atoms with Crippen molar-refractivity contribution in [2.24, 2.45) is 0 Å². The van der Waals surface area contributed by atoms with Gasteiger partial charge in [0.1, 0.15) is 5.75 Å². The molecular weight excluding hydrogens is 434 g/mol. The highest BCUT2D eigenvalue weighted by molar-refractivity contribution is 6.30. The second kappa shape index (κ2) is 10.4. The lowest BCUT2D eigenvalue weighted by molar-refractivity contribution is 0.0742. The minimum absolute atomic E-state index is 0.0500. The lowest BCUT2D eigenvalue weighted by Crippen LogP contribution is -2.31. The number of carbonyl (C=O) groups excluding carboxylic acids is 1. The van der Waals surface area contributed by atoms with Gasteiger partial charge < -0.3 is 9.64 Å². The van der Waals surface area contributed by atoms with Crippen LogP contribution in [0.3, 0.4) is 0 Å². The van der Waals surface area contributed by atoms with Crippen molar-refractivity contribution in [2.75, 3.05) is 6.54 Å². The summed E-state index contributed by atoms with van der Waals surface area (Å²) in [4.78, 5) is 15.2. The Morgan fingerprint density at radius 3 is 2.24 bits per heavy atom. The Labute approximate surface area is 199 Å². The van der Waals surface area contributed by atoms with Crippen LogP contribution in [0, 0.1) is 6.92 Å². The predicted molar refractivity (Wildman–Crippen MR) is 131 cm³/mol. The van der Waals surface area contributed by atoms with Crippen LogP contribution in [-0.4, -0.2) is 27.1 Å². The van der Waals surface area contributed by atoms with E-state index < -0.39 is 0 Å². The molecule has 4 aromatic rings. The van der Waals surface area contributed by atoms with Crippen molar-refractivity contribution in [1.82, 2.24) is 14.7 Å². The van der Waals surface area contributed by atoms with Gasteiger partial charge in [0, 0.05) is 17.1 Å². The zero-order chi connectivity index (χ0) is 23.2. The topological polar surface area (TPSA) is 47.4 Å². The van der Waals surface area contributed by atoms with Crippen LogP contribution >= 0.6 is 11.6 Å². The summed E-state index contributed by atoms with van der Waals surface area (Å²) in [5, 5.41) is 5.37. The smallest absolute Gasteiger partial charge is 0.254 e. The van der Waals surface area contributed by atoms with Crippen molar-refractivity contribution in [3.8, 4) is 17.3 Å². The van der Waals surface area contributed by atoms with Gasteiger partial charge in [-0.3, -0.25) is 4.79 Å². The normalized spacial score (nSPS) is 10.8. The highest BCUT2D eigenvalue weighted by Crippen LogP contribution is 2.32. The number of aryl methyl sites for hydroxylation is 1. The molecule has 1 amide bonds. The summed E-state index contributed by atoms with van der Waals surface area (Å²) in [6.45, 7) is 5.01. The molecule has 0 radical (unpaired) electrons. The van der Waals surface area contributed by atoms with E-state index >= 15 is 0 Å². The zero-order valence-electron chi connectivity index (χ0n) is 18.7. The standard InChI is InChI=1S/C27H26ClN3O2/c1-3-18-30(26(32)21-14-16-22(28)17-15-21)19-25-20(2)29-31(23-10-6-4-7-11-23)27(25)33-24-12-8-5-9-13-24/h4-17H,3,18-19H2,1-2H3. The van der Waals surface area contributed by atoms with Gasteiger partial charge in [0.05, 0.1) is 23.5 Å². The van der Waals surface area contributed by atoms with Crippen molar-refractivity contribution >= 4 is 17.5 Å². The number of para-hydroxylation sites is 2. The highest BCUT2D eigenvalue weighted by Gasteiger charge is 2.24. The molecule has 0 aliphatic heterocycles. The molecule has 0 bridgehead atoms. The van der Waals surface area contributed by atoms with E-state index in [1.807, 2.05) is 72.5 Å². The second-order valence-corrected chi connectivity index (χ2v) is 8.20. The van der Waals surface area contributed by atoms with Crippen molar-refractivity contribution in [1.29, 1.82) is 0 Å². The first kappa shape index (κ1) is 22.6. The van der Waals surface area contributed by atoms with E-state index in [0.717, 1.165) is 23.4 Å². The minimum Gasteiger partial charge on any atom is -0.439 e. The molecule has 33 heavy (non-hydrogen) atoms. The number of aromatic nitrogens is 2. The summed E-state index contributed by atoms with van der Waals surface area (Å²) in [5.74, 6) is 1.27. The Bertz CT molecular complexity index is 1210. The molecule has 0 fully saturated rings. The van der Waals surface area contributed by atoms with Gasteiger partial charge in [-0.05, 0) is 61.9 Å². The molecule has 0 saturated carbocycles. The Kier molecular flexibility index (Phi) is 7.10. The van der Waals surface area contributed by atoms with E-state index in [0.29, 0.717) is 35.3 Å². The van der Waals surface area contributed by atoms with Gasteiger partial charge >= 0.3 is 0 Å². The first-order valence-electron chi connectivity index (χ1n) is 11.0. The van der Waals surface area contributed by atoms with Crippen molar-refractivity contribution in [2.45, 2.75) is 26.8 Å². The maximum absolute atomic E-state index is 13.3. The number of benzene rings is 3. The van der Waals surface area contributed by atoms with Crippen LogP contribution in [0.1, 0.15) is 35.0 Å². The molecule has 5 nitrogen and oxygen atoms in total. The lowest BCUT2D eigenvalue weighted by Gasteiger charge is -2.23. The van der Waals surface area contributed by atoms with E-state index in [2.05, 4.69) is 6.92 Å². The monoisotopic (exact) mass is 459 g/mol. The number of hydrogen-bond donors (Lipinski definition) is 0. The molecule has 0 saturated heterocycles. The van der Waals surface area contributed by atoms with Crippen LogP contribution in [0.2, 0.25) is 5.02 Å². The molecule has 168 valence electrons. The van der Waals surface area contributed by atoms with Gasteiger partial charge in [0.15, 0.2) is 0 Å². The van der Waals surface area contributed by atoms with Gasteiger partial charge in [0.25, 0.3) is 5.91 Å². The maximum Gasteiger partial charge on any atom is 0.254 e. The quantitative estimate of drug-likeness (QED) is 0.295. The van der Waals surface area contributed by atoms with Gasteiger partial charge in [-0.1, -0.05) is 54.9 Å². The fourth-order valence-electron chi connectivity index (χ4n) is 3.66. The van der Waals surface area contributed by atoms with Gasteiger partial charge in [-0.15, -0.1) is 0 Å². The first-order chi connectivity index (χ1) is 16.1. The Morgan fingerprint density at radius 2 is 1.61 bits per heavy atom. The molecule has 0 aliphatic carbocycles. The highest BCUT2D eigenvalue weighted by atomic mass is 35.5. The number of carbonyl (C=O) groups is 1. The Hall–Kier alpha value is -3.57. The molecule has 1 heterocycles. The summed E-state index contributed by atoms with van der Waals surface area (Å²) >= 11 is 6.01. The third-order valence-electron chi connectivity index (χ3n) is 5.32.